The normalized spacial score (nSPS) is 21.6. The van der Waals surface area contributed by atoms with Gasteiger partial charge in [0.2, 0.25) is 0 Å². The molecule has 3 nitrogen and oxygen atoms in total. The van der Waals surface area contributed by atoms with Crippen LogP contribution in [0.1, 0.15) is 29.3 Å². The third-order valence-electron chi connectivity index (χ3n) is 3.55. The number of nitrogens with zero attached hydrogens (tertiary/aromatic N) is 1. The zero-order valence-electron chi connectivity index (χ0n) is 10.5. The Morgan fingerprint density at radius 2 is 2.06 bits per heavy atom. The Bertz CT molecular complexity index is 397. The van der Waals surface area contributed by atoms with Crippen LogP contribution in [0.2, 0.25) is 0 Å². The lowest BCUT2D eigenvalue weighted by atomic mass is 10.0. The van der Waals surface area contributed by atoms with Crippen LogP contribution in [0.15, 0.2) is 24.3 Å². The van der Waals surface area contributed by atoms with Gasteiger partial charge in [0, 0.05) is 24.7 Å². The second kappa shape index (κ2) is 4.88. The van der Waals surface area contributed by atoms with E-state index in [2.05, 4.69) is 0 Å². The maximum Gasteiger partial charge on any atom is 0.253 e. The fourth-order valence-corrected chi connectivity index (χ4v) is 2.28. The van der Waals surface area contributed by atoms with Crippen LogP contribution in [0, 0.1) is 12.8 Å². The maximum atomic E-state index is 12.2. The number of hydrogen-bond donors (Lipinski definition) is 1. The van der Waals surface area contributed by atoms with E-state index in [1.807, 2.05) is 43.0 Å². The molecule has 0 spiro atoms. The van der Waals surface area contributed by atoms with Gasteiger partial charge in [-0.15, -0.1) is 0 Å². The van der Waals surface area contributed by atoms with Crippen LogP contribution in [-0.2, 0) is 0 Å². The molecule has 92 valence electrons. The Kier molecular flexibility index (Phi) is 3.48. The van der Waals surface area contributed by atoms with E-state index in [-0.39, 0.29) is 11.9 Å². The van der Waals surface area contributed by atoms with E-state index in [4.69, 9.17) is 5.73 Å². The minimum atomic E-state index is 0.133. The van der Waals surface area contributed by atoms with Gasteiger partial charge >= 0.3 is 0 Å². The molecule has 0 radical (unpaired) electrons. The number of hydrogen-bond acceptors (Lipinski definition) is 2. The van der Waals surface area contributed by atoms with Crippen LogP contribution in [-0.4, -0.2) is 29.9 Å². The lowest BCUT2D eigenvalue weighted by molar-refractivity contribution is 0.0786. The van der Waals surface area contributed by atoms with Crippen molar-refractivity contribution in [3.05, 3.63) is 35.4 Å². The molecule has 1 aliphatic rings. The van der Waals surface area contributed by atoms with Crippen LogP contribution in [0.3, 0.4) is 0 Å². The average molecular weight is 232 g/mol. The van der Waals surface area contributed by atoms with Crippen molar-refractivity contribution in [1.29, 1.82) is 0 Å². The summed E-state index contributed by atoms with van der Waals surface area (Å²) in [6.07, 6.45) is 1.02. The van der Waals surface area contributed by atoms with Crippen molar-refractivity contribution in [2.45, 2.75) is 26.3 Å². The zero-order chi connectivity index (χ0) is 12.4. The average Bonchev–Trinajstić information content (AvgIpc) is 2.78. The summed E-state index contributed by atoms with van der Waals surface area (Å²) in [4.78, 5) is 14.1. The number of benzene rings is 1. The van der Waals surface area contributed by atoms with Crippen LogP contribution >= 0.6 is 0 Å². The lowest BCUT2D eigenvalue weighted by Gasteiger charge is -2.18. The summed E-state index contributed by atoms with van der Waals surface area (Å²) < 4.78 is 0. The number of nitrogens with two attached hydrogens (primary N) is 1. The molecule has 1 heterocycles. The molecular formula is C14H20N2O. The number of aryl methyl sites for hydroxylation is 1. The first kappa shape index (κ1) is 12.1. The summed E-state index contributed by atoms with van der Waals surface area (Å²) in [6.45, 7) is 5.67. The highest BCUT2D eigenvalue weighted by atomic mass is 16.2. The summed E-state index contributed by atoms with van der Waals surface area (Å²) in [7, 11) is 0. The highest BCUT2D eigenvalue weighted by Crippen LogP contribution is 2.20. The number of likely N-dealkylation sites (tertiary alicyclic amines) is 1. The fourth-order valence-electron chi connectivity index (χ4n) is 2.28. The Morgan fingerprint density at radius 1 is 1.41 bits per heavy atom. The first-order chi connectivity index (χ1) is 8.08. The van der Waals surface area contributed by atoms with Gasteiger partial charge in [-0.1, -0.05) is 17.7 Å². The third kappa shape index (κ3) is 2.67. The predicted octanol–water partition coefficient (Wildman–Crippen LogP) is 1.80. The second-order valence-electron chi connectivity index (χ2n) is 5.03. The van der Waals surface area contributed by atoms with Crippen LogP contribution in [0.5, 0.6) is 0 Å². The molecule has 1 fully saturated rings. The van der Waals surface area contributed by atoms with Gasteiger partial charge in [0.1, 0.15) is 0 Å². The molecule has 2 atom stereocenters. The predicted molar refractivity (Wildman–Crippen MR) is 68.8 cm³/mol. The van der Waals surface area contributed by atoms with Crippen molar-refractivity contribution in [2.24, 2.45) is 11.7 Å². The minimum Gasteiger partial charge on any atom is -0.338 e. The summed E-state index contributed by atoms with van der Waals surface area (Å²) in [5.74, 6) is 0.581. The summed E-state index contributed by atoms with van der Waals surface area (Å²) in [6, 6.07) is 7.93. The lowest BCUT2D eigenvalue weighted by Crippen LogP contribution is -2.32. The van der Waals surface area contributed by atoms with Gasteiger partial charge in [-0.25, -0.2) is 0 Å². The van der Waals surface area contributed by atoms with Gasteiger partial charge in [-0.3, -0.25) is 4.79 Å². The molecule has 17 heavy (non-hydrogen) atoms. The molecule has 1 aromatic rings. The van der Waals surface area contributed by atoms with E-state index in [9.17, 15) is 4.79 Å². The van der Waals surface area contributed by atoms with Crippen molar-refractivity contribution in [2.75, 3.05) is 13.1 Å². The SMILES string of the molecule is Cc1ccc(C(=O)N2CCC(C(C)N)C2)cc1. The topological polar surface area (TPSA) is 46.3 Å². The molecule has 2 unspecified atom stereocenters. The summed E-state index contributed by atoms with van der Waals surface area (Å²) >= 11 is 0. The highest BCUT2D eigenvalue weighted by Gasteiger charge is 2.28. The smallest absolute Gasteiger partial charge is 0.253 e. The van der Waals surface area contributed by atoms with Crippen molar-refractivity contribution in [1.82, 2.24) is 4.90 Å². The maximum absolute atomic E-state index is 12.2. The van der Waals surface area contributed by atoms with Crippen molar-refractivity contribution in [3.63, 3.8) is 0 Å². The summed E-state index contributed by atoms with van der Waals surface area (Å²) in [5.41, 5.74) is 7.84. The molecular weight excluding hydrogens is 212 g/mol. The van der Waals surface area contributed by atoms with Gasteiger partial charge in [0.25, 0.3) is 5.91 Å². The molecule has 1 aliphatic heterocycles. The number of carbonyl (C=O) groups excluding carboxylic acids is 1. The molecule has 0 saturated carbocycles. The van der Waals surface area contributed by atoms with E-state index in [1.165, 1.54) is 5.56 Å². The molecule has 3 heteroatoms. The van der Waals surface area contributed by atoms with E-state index in [0.717, 1.165) is 25.1 Å². The Labute approximate surface area is 103 Å². The van der Waals surface area contributed by atoms with Crippen molar-refractivity contribution < 1.29 is 4.79 Å². The number of rotatable bonds is 2. The van der Waals surface area contributed by atoms with Crippen molar-refractivity contribution in [3.8, 4) is 0 Å². The minimum absolute atomic E-state index is 0.133. The largest absolute Gasteiger partial charge is 0.338 e. The quantitative estimate of drug-likeness (QED) is 0.845. The van der Waals surface area contributed by atoms with E-state index in [1.54, 1.807) is 0 Å². The molecule has 1 saturated heterocycles. The van der Waals surface area contributed by atoms with Crippen LogP contribution < -0.4 is 5.73 Å². The van der Waals surface area contributed by atoms with Gasteiger partial charge in [-0.2, -0.15) is 0 Å². The van der Waals surface area contributed by atoms with Gasteiger partial charge < -0.3 is 10.6 Å². The standard InChI is InChI=1S/C14H20N2O/c1-10-3-5-12(6-4-10)14(17)16-8-7-13(9-16)11(2)15/h3-6,11,13H,7-9,15H2,1-2H3. The molecule has 2 rings (SSSR count). The summed E-state index contributed by atoms with van der Waals surface area (Å²) in [5, 5.41) is 0. The fraction of sp³-hybridized carbons (Fsp3) is 0.500. The van der Waals surface area contributed by atoms with Gasteiger partial charge in [0.15, 0.2) is 0 Å². The molecule has 0 aromatic heterocycles. The Balaban J connectivity index is 2.04. The second-order valence-corrected chi connectivity index (χ2v) is 5.03. The van der Waals surface area contributed by atoms with Crippen LogP contribution in [0.25, 0.3) is 0 Å². The Hall–Kier alpha value is -1.35. The van der Waals surface area contributed by atoms with E-state index < -0.39 is 0 Å². The monoisotopic (exact) mass is 232 g/mol. The molecule has 2 N–H and O–H groups in total. The first-order valence-electron chi connectivity index (χ1n) is 6.19. The number of amides is 1. The molecule has 1 aromatic carbocycles. The first-order valence-corrected chi connectivity index (χ1v) is 6.19. The Morgan fingerprint density at radius 3 is 2.59 bits per heavy atom. The molecule has 0 bridgehead atoms. The van der Waals surface area contributed by atoms with Gasteiger partial charge in [-0.05, 0) is 38.3 Å². The van der Waals surface area contributed by atoms with Crippen molar-refractivity contribution >= 4 is 5.91 Å². The zero-order valence-corrected chi connectivity index (χ0v) is 10.5. The number of carbonyl (C=O) groups is 1. The molecule has 0 aliphatic carbocycles. The molecule has 1 amide bonds. The van der Waals surface area contributed by atoms with Gasteiger partial charge in [0.05, 0.1) is 0 Å². The van der Waals surface area contributed by atoms with E-state index in [0.29, 0.717) is 5.92 Å². The van der Waals surface area contributed by atoms with E-state index >= 15 is 0 Å². The van der Waals surface area contributed by atoms with Crippen LogP contribution in [0.4, 0.5) is 0 Å². The highest BCUT2D eigenvalue weighted by molar-refractivity contribution is 5.94. The third-order valence-corrected chi connectivity index (χ3v) is 3.55.